The highest BCUT2D eigenvalue weighted by Crippen LogP contribution is 2.61. The highest BCUT2D eigenvalue weighted by molar-refractivity contribution is 7.91. The molecule has 0 bridgehead atoms. The van der Waals surface area contributed by atoms with Gasteiger partial charge in [-0.1, -0.05) is 55.5 Å². The van der Waals surface area contributed by atoms with Gasteiger partial charge in [-0.3, -0.25) is 8.98 Å². The van der Waals surface area contributed by atoms with Crippen molar-refractivity contribution in [2.24, 2.45) is 11.8 Å². The number of hydrogen-bond acceptors (Lipinski definition) is 6. The first kappa shape index (κ1) is 24.9. The van der Waals surface area contributed by atoms with Crippen molar-refractivity contribution in [2.45, 2.75) is 60.7 Å². The number of aryl methyl sites for hydroxylation is 1. The maximum atomic E-state index is 12.7. The highest BCUT2D eigenvalue weighted by atomic mass is 32.2. The van der Waals surface area contributed by atoms with Gasteiger partial charge in [0.05, 0.1) is 27.6 Å². The van der Waals surface area contributed by atoms with Crippen molar-refractivity contribution < 1.29 is 30.9 Å². The Kier molecular flexibility index (Phi) is 6.90. The van der Waals surface area contributed by atoms with Crippen LogP contribution in [-0.4, -0.2) is 40.3 Å². The molecule has 1 N–H and O–H groups in total. The maximum absolute atomic E-state index is 12.7. The number of carboxylic acids is 1. The van der Waals surface area contributed by atoms with Crippen LogP contribution in [-0.2, 0) is 34.3 Å². The minimum Gasteiger partial charge on any atom is -0.481 e. The highest BCUT2D eigenvalue weighted by Gasteiger charge is 2.63. The van der Waals surface area contributed by atoms with Gasteiger partial charge in [0.1, 0.15) is 0 Å². The molecule has 2 fully saturated rings. The van der Waals surface area contributed by atoms with Crippen molar-refractivity contribution in [1.29, 1.82) is 0 Å². The molecule has 2 atom stereocenters. The fourth-order valence-electron chi connectivity index (χ4n) is 5.19. The molecule has 0 amide bonds. The SMILES string of the molecule is Cc1ccc(S(=O)(=O)OCCCS(=O)(=O)c2ccc(C3(C(=O)O)CC3C3CCCC3)cc2)cc1. The number of benzene rings is 2. The second-order valence-corrected chi connectivity index (χ2v) is 13.1. The van der Waals surface area contributed by atoms with E-state index in [0.29, 0.717) is 17.9 Å². The van der Waals surface area contributed by atoms with E-state index in [1.165, 1.54) is 24.3 Å². The molecule has 4 rings (SSSR count). The van der Waals surface area contributed by atoms with Crippen molar-refractivity contribution in [3.63, 3.8) is 0 Å². The molecule has 2 aliphatic carbocycles. The van der Waals surface area contributed by atoms with E-state index in [-0.39, 0.29) is 34.5 Å². The number of carboxylic acid groups (broad SMARTS) is 1. The second-order valence-electron chi connectivity index (χ2n) is 9.42. The van der Waals surface area contributed by atoms with E-state index in [2.05, 4.69) is 0 Å². The van der Waals surface area contributed by atoms with Crippen LogP contribution < -0.4 is 0 Å². The van der Waals surface area contributed by atoms with Gasteiger partial charge in [-0.2, -0.15) is 8.42 Å². The van der Waals surface area contributed by atoms with Gasteiger partial charge < -0.3 is 5.11 Å². The Morgan fingerprint density at radius 3 is 2.15 bits per heavy atom. The monoisotopic (exact) mass is 506 g/mol. The summed E-state index contributed by atoms with van der Waals surface area (Å²) in [4.78, 5) is 12.2. The van der Waals surface area contributed by atoms with Crippen LogP contribution in [0.1, 0.15) is 49.7 Å². The first-order valence-electron chi connectivity index (χ1n) is 11.6. The minimum absolute atomic E-state index is 0.0119. The van der Waals surface area contributed by atoms with Crippen molar-refractivity contribution in [1.82, 2.24) is 0 Å². The van der Waals surface area contributed by atoms with E-state index in [0.717, 1.165) is 31.2 Å². The summed E-state index contributed by atoms with van der Waals surface area (Å²) in [6.45, 7) is 1.59. The van der Waals surface area contributed by atoms with E-state index in [1.54, 1.807) is 24.3 Å². The zero-order valence-electron chi connectivity index (χ0n) is 19.1. The Morgan fingerprint density at radius 1 is 0.971 bits per heavy atom. The van der Waals surface area contributed by atoms with Crippen LogP contribution in [0.25, 0.3) is 0 Å². The molecule has 2 saturated carbocycles. The molecule has 34 heavy (non-hydrogen) atoms. The van der Waals surface area contributed by atoms with Gasteiger partial charge in [0.2, 0.25) is 0 Å². The topological polar surface area (TPSA) is 115 Å². The van der Waals surface area contributed by atoms with Crippen LogP contribution in [0.4, 0.5) is 0 Å². The maximum Gasteiger partial charge on any atom is 0.314 e. The van der Waals surface area contributed by atoms with E-state index < -0.39 is 31.3 Å². The van der Waals surface area contributed by atoms with Crippen LogP contribution >= 0.6 is 0 Å². The summed E-state index contributed by atoms with van der Waals surface area (Å²) < 4.78 is 54.9. The Balaban J connectivity index is 1.36. The molecule has 0 spiro atoms. The number of aliphatic carboxylic acids is 1. The lowest BCUT2D eigenvalue weighted by atomic mass is 9.87. The lowest BCUT2D eigenvalue weighted by Crippen LogP contribution is -2.24. The molecule has 9 heteroatoms. The van der Waals surface area contributed by atoms with Gasteiger partial charge in [0.25, 0.3) is 10.1 Å². The first-order valence-corrected chi connectivity index (χ1v) is 14.7. The molecule has 2 unspecified atom stereocenters. The molecule has 2 aromatic rings. The normalized spacial score (nSPS) is 23.1. The zero-order valence-corrected chi connectivity index (χ0v) is 20.8. The molecule has 7 nitrogen and oxygen atoms in total. The van der Waals surface area contributed by atoms with E-state index in [9.17, 15) is 26.7 Å². The Labute approximate surface area is 201 Å². The van der Waals surface area contributed by atoms with E-state index >= 15 is 0 Å². The molecule has 2 aromatic carbocycles. The minimum atomic E-state index is -3.95. The van der Waals surface area contributed by atoms with Crippen LogP contribution in [0.15, 0.2) is 58.3 Å². The summed E-state index contributed by atoms with van der Waals surface area (Å²) in [6.07, 6.45) is 5.03. The van der Waals surface area contributed by atoms with Gasteiger partial charge >= 0.3 is 5.97 Å². The molecular weight excluding hydrogens is 476 g/mol. The van der Waals surface area contributed by atoms with Crippen LogP contribution in [0.3, 0.4) is 0 Å². The van der Waals surface area contributed by atoms with Crippen LogP contribution in [0, 0.1) is 18.8 Å². The molecule has 2 aliphatic rings. The smallest absolute Gasteiger partial charge is 0.314 e. The first-order chi connectivity index (χ1) is 16.1. The van der Waals surface area contributed by atoms with E-state index in [1.807, 2.05) is 6.92 Å². The van der Waals surface area contributed by atoms with Crippen molar-refractivity contribution in [3.8, 4) is 0 Å². The Bertz CT molecular complexity index is 1240. The number of hydrogen-bond donors (Lipinski definition) is 1. The number of sulfone groups is 1. The standard InChI is InChI=1S/C25H30O7S2/c1-18-7-11-22(12-8-18)34(30,31)32-15-4-16-33(28,29)21-13-9-20(10-14-21)25(24(26)27)17-23(25)19-5-2-3-6-19/h7-14,19,23H,2-6,15-17H2,1H3,(H,26,27). The summed E-state index contributed by atoms with van der Waals surface area (Å²) in [6, 6.07) is 12.4. The Hall–Kier alpha value is -2.23. The van der Waals surface area contributed by atoms with E-state index in [4.69, 9.17) is 4.18 Å². The van der Waals surface area contributed by atoms with Gasteiger partial charge in [-0.15, -0.1) is 0 Å². The fraction of sp³-hybridized carbons (Fsp3) is 0.480. The summed E-state index contributed by atoms with van der Waals surface area (Å²) in [5, 5.41) is 9.94. The lowest BCUT2D eigenvalue weighted by Gasteiger charge is -2.17. The van der Waals surface area contributed by atoms with Crippen molar-refractivity contribution in [2.75, 3.05) is 12.4 Å². The quantitative estimate of drug-likeness (QED) is 0.381. The van der Waals surface area contributed by atoms with Gasteiger partial charge in [0, 0.05) is 0 Å². The molecule has 0 aromatic heterocycles. The average molecular weight is 507 g/mol. The fourth-order valence-corrected chi connectivity index (χ4v) is 7.41. The van der Waals surface area contributed by atoms with Crippen molar-refractivity contribution >= 4 is 25.9 Å². The van der Waals surface area contributed by atoms with Crippen molar-refractivity contribution in [3.05, 3.63) is 59.7 Å². The lowest BCUT2D eigenvalue weighted by molar-refractivity contribution is -0.140. The molecule has 0 aliphatic heterocycles. The van der Waals surface area contributed by atoms with Crippen LogP contribution in [0.5, 0.6) is 0 Å². The summed E-state index contributed by atoms with van der Waals surface area (Å²) >= 11 is 0. The van der Waals surface area contributed by atoms with Gasteiger partial charge in [0.15, 0.2) is 9.84 Å². The van der Waals surface area contributed by atoms with Gasteiger partial charge in [-0.25, -0.2) is 8.42 Å². The molecule has 0 saturated heterocycles. The summed E-state index contributed by atoms with van der Waals surface area (Å²) in [5.41, 5.74) is 0.666. The third-order valence-electron chi connectivity index (χ3n) is 7.20. The zero-order chi connectivity index (χ0) is 24.6. The second kappa shape index (κ2) is 9.43. The third kappa shape index (κ3) is 4.92. The van der Waals surface area contributed by atoms with Crippen LogP contribution in [0.2, 0.25) is 0 Å². The summed E-state index contributed by atoms with van der Waals surface area (Å²) in [5.74, 6) is -0.574. The molecule has 184 valence electrons. The Morgan fingerprint density at radius 2 is 1.56 bits per heavy atom. The molecular formula is C25H30O7S2. The summed E-state index contributed by atoms with van der Waals surface area (Å²) in [7, 11) is -7.61. The van der Waals surface area contributed by atoms with Gasteiger partial charge in [-0.05, 0) is 61.4 Å². The molecule has 0 radical (unpaired) electrons. The number of carbonyl (C=O) groups is 1. The average Bonchev–Trinajstić information content (AvgIpc) is 3.34. The third-order valence-corrected chi connectivity index (χ3v) is 10.3. The number of rotatable bonds is 10. The predicted molar refractivity (Wildman–Crippen MR) is 127 cm³/mol. The predicted octanol–water partition coefficient (Wildman–Crippen LogP) is 4.10. The molecule has 0 heterocycles. The largest absolute Gasteiger partial charge is 0.481 e.